The Bertz CT molecular complexity index is 540. The number of nitriles is 1. The fourth-order valence-electron chi connectivity index (χ4n) is 3.25. The second-order valence-electron chi connectivity index (χ2n) is 5.98. The molecule has 0 spiro atoms. The minimum atomic E-state index is 0.270. The maximum absolute atomic E-state index is 8.98. The molecule has 21 heavy (non-hydrogen) atoms. The van der Waals surface area contributed by atoms with E-state index in [4.69, 9.17) is 11.0 Å². The Labute approximate surface area is 126 Å². The number of benzene rings is 1. The number of hydrogen-bond acceptors (Lipinski definition) is 4. The first-order valence-electron chi connectivity index (χ1n) is 7.72. The largest absolute Gasteiger partial charge is 0.326 e. The van der Waals surface area contributed by atoms with Crippen molar-refractivity contribution in [3.63, 3.8) is 0 Å². The van der Waals surface area contributed by atoms with Crippen LogP contribution in [0.25, 0.3) is 0 Å². The third-order valence-electron chi connectivity index (χ3n) is 4.64. The Morgan fingerprint density at radius 2 is 2.00 bits per heavy atom. The van der Waals surface area contributed by atoms with Gasteiger partial charge in [-0.1, -0.05) is 37.6 Å². The molecule has 1 fully saturated rings. The number of hydrazine groups is 1. The summed E-state index contributed by atoms with van der Waals surface area (Å²) in [5, 5.41) is 11.1. The molecule has 0 aromatic heterocycles. The molecule has 2 aliphatic rings. The van der Waals surface area contributed by atoms with Crippen molar-refractivity contribution in [1.82, 2.24) is 5.43 Å². The fourth-order valence-corrected chi connectivity index (χ4v) is 3.25. The molecule has 3 rings (SSSR count). The third kappa shape index (κ3) is 3.12. The molecule has 1 atom stereocenters. The smallest absolute Gasteiger partial charge is 0.267 e. The van der Waals surface area contributed by atoms with E-state index in [0.717, 1.165) is 36.7 Å². The summed E-state index contributed by atoms with van der Waals surface area (Å²) in [6.45, 7) is 0.848. The molecule has 2 aliphatic heterocycles. The molecule has 0 aliphatic carbocycles. The van der Waals surface area contributed by atoms with Crippen LogP contribution in [0.2, 0.25) is 12.6 Å². The van der Waals surface area contributed by atoms with Gasteiger partial charge in [-0.25, -0.2) is 10.7 Å². The zero-order valence-corrected chi connectivity index (χ0v) is 12.2. The number of hydrogen-bond donors (Lipinski definition) is 2. The lowest BCUT2D eigenvalue weighted by Gasteiger charge is -2.29. The second-order valence-corrected chi connectivity index (χ2v) is 5.98. The van der Waals surface area contributed by atoms with Crippen LogP contribution in [0.5, 0.6) is 0 Å². The predicted octanol–water partition coefficient (Wildman–Crippen LogP) is 2.32. The van der Waals surface area contributed by atoms with Crippen molar-refractivity contribution >= 4 is 12.4 Å². The number of nitrogens with two attached hydrogens (primary N) is 1. The molecule has 5 heteroatoms. The summed E-state index contributed by atoms with van der Waals surface area (Å²) in [6.07, 6.45) is 8.71. The lowest BCUT2D eigenvalue weighted by Crippen LogP contribution is -2.41. The van der Waals surface area contributed by atoms with Crippen molar-refractivity contribution < 1.29 is 0 Å². The van der Waals surface area contributed by atoms with E-state index in [1.807, 2.05) is 0 Å². The first-order valence-corrected chi connectivity index (χ1v) is 7.72. The normalized spacial score (nSPS) is 22.6. The fraction of sp³-hybridized carbons (Fsp3) is 0.438. The van der Waals surface area contributed by atoms with Gasteiger partial charge in [-0.15, -0.1) is 0 Å². The molecule has 1 saturated heterocycles. The second kappa shape index (κ2) is 6.34. The van der Waals surface area contributed by atoms with Crippen molar-refractivity contribution in [3.8, 4) is 5.97 Å². The number of nitrogens with one attached hydrogen (secondary N) is 1. The van der Waals surface area contributed by atoms with E-state index < -0.39 is 0 Å². The predicted molar refractivity (Wildman–Crippen MR) is 86.6 cm³/mol. The molecule has 1 aromatic carbocycles. The minimum absolute atomic E-state index is 0.270. The summed E-state index contributed by atoms with van der Waals surface area (Å²) >= 11 is 0. The molecule has 1 aromatic rings. The third-order valence-corrected chi connectivity index (χ3v) is 4.64. The van der Waals surface area contributed by atoms with Gasteiger partial charge < -0.3 is 5.73 Å². The van der Waals surface area contributed by atoms with E-state index in [0.29, 0.717) is 18.5 Å². The Kier molecular flexibility index (Phi) is 4.28. The first-order chi connectivity index (χ1) is 10.3. The van der Waals surface area contributed by atoms with Crippen LogP contribution in [0.1, 0.15) is 18.4 Å². The van der Waals surface area contributed by atoms with Crippen LogP contribution >= 0.6 is 0 Å². The van der Waals surface area contributed by atoms with Crippen LogP contribution in [0, 0.1) is 17.1 Å². The molecule has 2 heterocycles. The summed E-state index contributed by atoms with van der Waals surface area (Å²) < 4.78 is 0. The topological polar surface area (TPSA) is 65.1 Å². The molecular formula is C16H21BN4. The van der Waals surface area contributed by atoms with E-state index in [1.165, 1.54) is 0 Å². The lowest BCUT2D eigenvalue weighted by molar-refractivity contribution is 0.386. The van der Waals surface area contributed by atoms with Crippen LogP contribution in [-0.4, -0.2) is 12.8 Å². The minimum Gasteiger partial charge on any atom is -0.326 e. The Hall–Kier alpha value is -1.77. The van der Waals surface area contributed by atoms with Gasteiger partial charge in [0.15, 0.2) is 0 Å². The molecule has 0 amide bonds. The Morgan fingerprint density at radius 3 is 2.62 bits per heavy atom. The summed E-state index contributed by atoms with van der Waals surface area (Å²) in [4.78, 5) is 0. The van der Waals surface area contributed by atoms with Gasteiger partial charge in [-0.05, 0) is 29.7 Å². The summed E-state index contributed by atoms with van der Waals surface area (Å²) in [5.41, 5.74) is 11.5. The van der Waals surface area contributed by atoms with E-state index in [9.17, 15) is 0 Å². The molecule has 1 unspecified atom stereocenters. The van der Waals surface area contributed by atoms with E-state index in [1.54, 1.807) is 0 Å². The van der Waals surface area contributed by atoms with Gasteiger partial charge in [-0.2, -0.15) is 0 Å². The molecular weight excluding hydrogens is 259 g/mol. The number of rotatable bonds is 3. The van der Waals surface area contributed by atoms with Crippen molar-refractivity contribution in [3.05, 3.63) is 42.1 Å². The molecule has 0 radical (unpaired) electrons. The highest BCUT2D eigenvalue weighted by Crippen LogP contribution is 2.30. The Balaban J connectivity index is 1.58. The first kappa shape index (κ1) is 14.2. The number of anilines is 1. The van der Waals surface area contributed by atoms with Crippen molar-refractivity contribution in [2.75, 3.05) is 5.01 Å². The average molecular weight is 280 g/mol. The van der Waals surface area contributed by atoms with Crippen molar-refractivity contribution in [1.29, 1.82) is 5.26 Å². The highest BCUT2D eigenvalue weighted by Gasteiger charge is 2.31. The summed E-state index contributed by atoms with van der Waals surface area (Å²) in [6, 6.07) is 8.70. The van der Waals surface area contributed by atoms with Gasteiger partial charge in [0.25, 0.3) is 6.71 Å². The van der Waals surface area contributed by atoms with Gasteiger partial charge in [0, 0.05) is 24.8 Å². The Morgan fingerprint density at radius 1 is 1.29 bits per heavy atom. The maximum Gasteiger partial charge on any atom is 0.267 e. The van der Waals surface area contributed by atoms with Gasteiger partial charge in [0.1, 0.15) is 0 Å². The highest BCUT2D eigenvalue weighted by atomic mass is 15.5. The van der Waals surface area contributed by atoms with Gasteiger partial charge in [0.05, 0.1) is 5.69 Å². The molecule has 0 bridgehead atoms. The van der Waals surface area contributed by atoms with Gasteiger partial charge >= 0.3 is 0 Å². The van der Waals surface area contributed by atoms with Crippen LogP contribution < -0.4 is 16.2 Å². The maximum atomic E-state index is 8.98. The lowest BCUT2D eigenvalue weighted by atomic mass is 9.41. The quantitative estimate of drug-likeness (QED) is 0.834. The molecule has 3 N–H and O–H groups in total. The van der Waals surface area contributed by atoms with Crippen LogP contribution in [-0.2, 0) is 6.54 Å². The van der Waals surface area contributed by atoms with Gasteiger partial charge in [-0.3, -0.25) is 5.01 Å². The van der Waals surface area contributed by atoms with Gasteiger partial charge in [0.2, 0.25) is 0 Å². The molecule has 0 saturated carbocycles. The van der Waals surface area contributed by atoms with Crippen LogP contribution in [0.3, 0.4) is 0 Å². The zero-order valence-electron chi connectivity index (χ0n) is 12.2. The summed E-state index contributed by atoms with van der Waals surface area (Å²) in [5.74, 6) is 3.04. The van der Waals surface area contributed by atoms with E-state index in [-0.39, 0.29) is 6.71 Å². The van der Waals surface area contributed by atoms with E-state index >= 15 is 0 Å². The SMILES string of the molecule is N#CB1CCC(C2C=CN(c3ccc(CN)cc3)N2)CC1. The number of nitrogens with zero attached hydrogens (tertiary/aromatic N) is 2. The van der Waals surface area contributed by atoms with Crippen molar-refractivity contribution in [2.45, 2.75) is 38.1 Å². The highest BCUT2D eigenvalue weighted by molar-refractivity contribution is 6.67. The molecule has 4 nitrogen and oxygen atoms in total. The van der Waals surface area contributed by atoms with Crippen molar-refractivity contribution in [2.24, 2.45) is 11.7 Å². The summed E-state index contributed by atoms with van der Waals surface area (Å²) in [7, 11) is 0. The zero-order chi connectivity index (χ0) is 14.7. The average Bonchev–Trinajstić information content (AvgIpc) is 3.05. The van der Waals surface area contributed by atoms with Crippen LogP contribution in [0.4, 0.5) is 5.69 Å². The standard InChI is InChI=1S/C16H21BN4/c18-11-13-1-3-15(4-2-13)21-10-7-16(20-21)14-5-8-17(12-19)9-6-14/h1-4,7,10,14,16,20H,5-6,8-9,11,18H2. The van der Waals surface area contributed by atoms with Crippen LogP contribution in [0.15, 0.2) is 36.5 Å². The molecule has 108 valence electrons. The monoisotopic (exact) mass is 280 g/mol. The van der Waals surface area contributed by atoms with E-state index in [2.05, 4.69) is 52.9 Å².